The fourth-order valence-electron chi connectivity index (χ4n) is 3.19. The van der Waals surface area contributed by atoms with Gasteiger partial charge >= 0.3 is 0 Å². The maximum Gasteiger partial charge on any atom is 0.224 e. The number of aromatic nitrogens is 3. The number of para-hydroxylation sites is 1. The van der Waals surface area contributed by atoms with Gasteiger partial charge in [-0.25, -0.2) is 9.97 Å². The van der Waals surface area contributed by atoms with Crippen LogP contribution in [0.2, 0.25) is 0 Å². The third-order valence-electron chi connectivity index (χ3n) is 4.61. The van der Waals surface area contributed by atoms with Crippen LogP contribution in [0, 0.1) is 13.8 Å². The van der Waals surface area contributed by atoms with Crippen LogP contribution in [0.5, 0.6) is 5.88 Å². The predicted molar refractivity (Wildman–Crippen MR) is 101 cm³/mol. The summed E-state index contributed by atoms with van der Waals surface area (Å²) in [5.41, 5.74) is 3.33. The van der Waals surface area contributed by atoms with E-state index in [1.807, 2.05) is 56.3 Å². The van der Waals surface area contributed by atoms with E-state index in [2.05, 4.69) is 14.5 Å². The summed E-state index contributed by atoms with van der Waals surface area (Å²) < 4.78 is 13.2. The number of hydrogen-bond donors (Lipinski definition) is 0. The summed E-state index contributed by atoms with van der Waals surface area (Å²) >= 11 is 0. The van der Waals surface area contributed by atoms with Crippen molar-refractivity contribution >= 4 is 16.7 Å². The van der Waals surface area contributed by atoms with Gasteiger partial charge in [-0.15, -0.1) is 0 Å². The summed E-state index contributed by atoms with van der Waals surface area (Å²) in [4.78, 5) is 21.1. The summed E-state index contributed by atoms with van der Waals surface area (Å²) in [5.74, 6) is 1.18. The molecule has 0 radical (unpaired) electrons. The molecule has 4 aromatic rings. The van der Waals surface area contributed by atoms with Gasteiger partial charge < -0.3 is 13.7 Å². The molecule has 0 unspecified atom stereocenters. The van der Waals surface area contributed by atoms with Gasteiger partial charge in [-0.3, -0.25) is 4.79 Å². The van der Waals surface area contributed by atoms with Crippen LogP contribution < -0.4 is 4.74 Å². The predicted octanol–water partition coefficient (Wildman–Crippen LogP) is 3.95. The van der Waals surface area contributed by atoms with Gasteiger partial charge in [0, 0.05) is 17.0 Å². The minimum atomic E-state index is -0.0866. The van der Waals surface area contributed by atoms with Crippen LogP contribution in [0.25, 0.3) is 10.9 Å². The van der Waals surface area contributed by atoms with Crippen molar-refractivity contribution in [3.8, 4) is 5.88 Å². The third-order valence-corrected chi connectivity index (χ3v) is 4.61. The Morgan fingerprint density at radius 1 is 1.15 bits per heavy atom. The highest BCUT2D eigenvalue weighted by Crippen LogP contribution is 2.22. The summed E-state index contributed by atoms with van der Waals surface area (Å²) in [6, 6.07) is 13.2. The summed E-state index contributed by atoms with van der Waals surface area (Å²) in [5, 5.41) is 0.788. The fourth-order valence-corrected chi connectivity index (χ4v) is 3.19. The van der Waals surface area contributed by atoms with E-state index in [-0.39, 0.29) is 12.4 Å². The molecule has 0 amide bonds. The molecule has 0 saturated heterocycles. The Balaban J connectivity index is 1.53. The maximum absolute atomic E-state index is 12.7. The van der Waals surface area contributed by atoms with Crippen LogP contribution in [0.4, 0.5) is 0 Å². The number of ketones is 1. The Morgan fingerprint density at radius 3 is 2.81 bits per heavy atom. The van der Waals surface area contributed by atoms with Crippen LogP contribution in [0.3, 0.4) is 0 Å². The molecule has 6 heteroatoms. The molecule has 0 N–H and O–H groups in total. The van der Waals surface area contributed by atoms with Gasteiger partial charge in [0.2, 0.25) is 11.7 Å². The van der Waals surface area contributed by atoms with Gasteiger partial charge in [-0.05, 0) is 44.2 Å². The lowest BCUT2D eigenvalue weighted by Gasteiger charge is -2.09. The number of Topliss-reactive ketones (excluding diaryl/α,β-unsaturated/α-hetero) is 1. The fraction of sp³-hybridized carbons (Fsp3) is 0.190. The molecule has 6 nitrogen and oxygen atoms in total. The molecule has 136 valence electrons. The normalized spacial score (nSPS) is 11.0. The standard InChI is InChI=1S/C21H19N3O3/c1-14-10-18(15(2)24(14)11-16-6-5-9-26-16)20(25)12-27-21-17-7-3-4-8-19(17)22-13-23-21/h3-10,13H,11-12H2,1-2H3. The Labute approximate surface area is 156 Å². The molecule has 0 atom stereocenters. The second-order valence-corrected chi connectivity index (χ2v) is 6.36. The van der Waals surface area contributed by atoms with Gasteiger partial charge in [-0.2, -0.15) is 0 Å². The number of carbonyl (C=O) groups is 1. The lowest BCUT2D eigenvalue weighted by Crippen LogP contribution is -2.14. The smallest absolute Gasteiger partial charge is 0.224 e. The largest absolute Gasteiger partial charge is 0.469 e. The zero-order valence-corrected chi connectivity index (χ0v) is 15.2. The lowest BCUT2D eigenvalue weighted by atomic mass is 10.1. The number of hydrogen-bond acceptors (Lipinski definition) is 5. The zero-order valence-electron chi connectivity index (χ0n) is 15.2. The Kier molecular flexibility index (Phi) is 4.46. The molecule has 0 aliphatic heterocycles. The molecular formula is C21H19N3O3. The molecular weight excluding hydrogens is 342 g/mol. The second kappa shape index (κ2) is 7.07. The molecule has 1 aromatic carbocycles. The van der Waals surface area contributed by atoms with E-state index in [0.717, 1.165) is 28.1 Å². The van der Waals surface area contributed by atoms with Crippen molar-refractivity contribution in [2.45, 2.75) is 20.4 Å². The van der Waals surface area contributed by atoms with Gasteiger partial charge in [0.05, 0.1) is 23.7 Å². The van der Waals surface area contributed by atoms with Crippen molar-refractivity contribution in [2.75, 3.05) is 6.61 Å². The number of nitrogens with zero attached hydrogens (tertiary/aromatic N) is 3. The SMILES string of the molecule is Cc1cc(C(=O)COc2ncnc3ccccc23)c(C)n1Cc1ccco1. The van der Waals surface area contributed by atoms with Crippen molar-refractivity contribution in [3.05, 3.63) is 77.8 Å². The molecule has 3 aromatic heterocycles. The summed E-state index contributed by atoms with van der Waals surface area (Å²) in [7, 11) is 0. The monoisotopic (exact) mass is 361 g/mol. The van der Waals surface area contributed by atoms with E-state index in [4.69, 9.17) is 9.15 Å². The molecule has 27 heavy (non-hydrogen) atoms. The van der Waals surface area contributed by atoms with Crippen LogP contribution in [0.1, 0.15) is 27.5 Å². The highest BCUT2D eigenvalue weighted by atomic mass is 16.5. The topological polar surface area (TPSA) is 70.2 Å². The number of ether oxygens (including phenoxy) is 1. The number of carbonyl (C=O) groups excluding carboxylic acids is 1. The second-order valence-electron chi connectivity index (χ2n) is 6.36. The number of fused-ring (bicyclic) bond motifs is 1. The van der Waals surface area contributed by atoms with Crippen LogP contribution in [-0.4, -0.2) is 26.9 Å². The van der Waals surface area contributed by atoms with Crippen molar-refractivity contribution in [1.82, 2.24) is 14.5 Å². The van der Waals surface area contributed by atoms with Crippen LogP contribution in [-0.2, 0) is 6.54 Å². The Morgan fingerprint density at radius 2 is 2.00 bits per heavy atom. The van der Waals surface area contributed by atoms with Gasteiger partial charge in [0.15, 0.2) is 6.61 Å². The number of furan rings is 1. The zero-order chi connectivity index (χ0) is 18.8. The quantitative estimate of drug-likeness (QED) is 0.486. The number of rotatable bonds is 6. The molecule has 3 heterocycles. The van der Waals surface area contributed by atoms with E-state index in [1.165, 1.54) is 6.33 Å². The minimum absolute atomic E-state index is 0.0773. The third kappa shape index (κ3) is 3.33. The first-order valence-electron chi connectivity index (χ1n) is 8.68. The Hall–Kier alpha value is -3.41. The number of aryl methyl sites for hydroxylation is 1. The molecule has 0 aliphatic carbocycles. The summed E-state index contributed by atoms with van der Waals surface area (Å²) in [6.45, 7) is 4.43. The average molecular weight is 361 g/mol. The van der Waals surface area contributed by atoms with Crippen molar-refractivity contribution in [2.24, 2.45) is 0 Å². The van der Waals surface area contributed by atoms with Gasteiger partial charge in [0.25, 0.3) is 0 Å². The van der Waals surface area contributed by atoms with E-state index >= 15 is 0 Å². The van der Waals surface area contributed by atoms with E-state index < -0.39 is 0 Å². The molecule has 0 fully saturated rings. The summed E-state index contributed by atoms with van der Waals surface area (Å²) in [6.07, 6.45) is 3.09. The van der Waals surface area contributed by atoms with Crippen molar-refractivity contribution in [1.29, 1.82) is 0 Å². The highest BCUT2D eigenvalue weighted by Gasteiger charge is 2.17. The van der Waals surface area contributed by atoms with Crippen LogP contribution in [0.15, 0.2) is 59.5 Å². The highest BCUT2D eigenvalue weighted by molar-refractivity contribution is 5.98. The van der Waals surface area contributed by atoms with E-state index in [9.17, 15) is 4.79 Å². The minimum Gasteiger partial charge on any atom is -0.469 e. The maximum atomic E-state index is 12.7. The van der Waals surface area contributed by atoms with Crippen molar-refractivity contribution < 1.29 is 13.9 Å². The average Bonchev–Trinajstić information content (AvgIpc) is 3.30. The van der Waals surface area contributed by atoms with E-state index in [1.54, 1.807) is 6.26 Å². The van der Waals surface area contributed by atoms with E-state index in [0.29, 0.717) is 18.0 Å². The van der Waals surface area contributed by atoms with Crippen molar-refractivity contribution in [3.63, 3.8) is 0 Å². The molecule has 0 spiro atoms. The van der Waals surface area contributed by atoms with Gasteiger partial charge in [-0.1, -0.05) is 12.1 Å². The molecule has 0 aliphatic rings. The molecule has 0 saturated carbocycles. The Bertz CT molecular complexity index is 1090. The molecule has 4 rings (SSSR count). The van der Waals surface area contributed by atoms with Crippen LogP contribution >= 0.6 is 0 Å². The molecule has 0 bridgehead atoms. The lowest BCUT2D eigenvalue weighted by molar-refractivity contribution is 0.0918. The van der Waals surface area contributed by atoms with Gasteiger partial charge in [0.1, 0.15) is 12.1 Å². The first-order valence-corrected chi connectivity index (χ1v) is 8.68. The first-order chi connectivity index (χ1) is 13.1. The number of benzene rings is 1. The first kappa shape index (κ1) is 17.0.